The van der Waals surface area contributed by atoms with Gasteiger partial charge in [-0.05, 0) is 25.7 Å². The number of amides is 2. The molecule has 0 aliphatic rings. The third-order valence-electron chi connectivity index (χ3n) is 4.92. The molecule has 0 aliphatic carbocycles. The summed E-state index contributed by atoms with van der Waals surface area (Å²) in [7, 11) is 0. The van der Waals surface area contributed by atoms with Crippen molar-refractivity contribution < 1.29 is 14.3 Å². The minimum atomic E-state index is -0.0850. The Balaban J connectivity index is 3.28. The van der Waals surface area contributed by atoms with Gasteiger partial charge < -0.3 is 15.4 Å². The van der Waals surface area contributed by atoms with Crippen molar-refractivity contribution >= 4 is 12.0 Å². The second-order valence-corrected chi connectivity index (χ2v) is 7.75. The van der Waals surface area contributed by atoms with E-state index in [-0.39, 0.29) is 12.0 Å². The van der Waals surface area contributed by atoms with E-state index in [0.29, 0.717) is 19.6 Å². The lowest BCUT2D eigenvalue weighted by molar-refractivity contribution is -0.143. The molecule has 166 valence electrons. The molecule has 0 aromatic heterocycles. The lowest BCUT2D eigenvalue weighted by atomic mass is 10.1. The fourth-order valence-corrected chi connectivity index (χ4v) is 3.08. The number of hydrogen-bond donors (Lipinski definition) is 2. The first-order chi connectivity index (χ1) is 13.7. The van der Waals surface area contributed by atoms with E-state index in [4.69, 9.17) is 4.74 Å². The molecule has 0 atom stereocenters. The molecule has 0 heterocycles. The van der Waals surface area contributed by atoms with E-state index in [1.54, 1.807) is 0 Å². The number of ether oxygens (including phenoxy) is 1. The predicted octanol–water partition coefficient (Wildman–Crippen LogP) is 6.11. The van der Waals surface area contributed by atoms with E-state index in [2.05, 4.69) is 24.5 Å². The molecule has 28 heavy (non-hydrogen) atoms. The molecule has 0 aromatic carbocycles. The minimum Gasteiger partial charge on any atom is -0.466 e. The van der Waals surface area contributed by atoms with Gasteiger partial charge in [0.15, 0.2) is 0 Å². The van der Waals surface area contributed by atoms with E-state index in [1.165, 1.54) is 57.8 Å². The zero-order valence-electron chi connectivity index (χ0n) is 18.7. The second-order valence-electron chi connectivity index (χ2n) is 7.75. The van der Waals surface area contributed by atoms with E-state index < -0.39 is 0 Å². The smallest absolute Gasteiger partial charge is 0.314 e. The van der Waals surface area contributed by atoms with Crippen molar-refractivity contribution in [2.45, 2.75) is 117 Å². The van der Waals surface area contributed by atoms with Crippen LogP contribution < -0.4 is 10.6 Å². The largest absolute Gasteiger partial charge is 0.466 e. The Hall–Kier alpha value is -1.26. The monoisotopic (exact) mass is 398 g/mol. The first-order valence-electron chi connectivity index (χ1n) is 11.9. The van der Waals surface area contributed by atoms with Gasteiger partial charge in [0.05, 0.1) is 6.61 Å². The van der Waals surface area contributed by atoms with Gasteiger partial charge in [-0.1, -0.05) is 84.5 Å². The Morgan fingerprint density at radius 1 is 0.607 bits per heavy atom. The molecule has 2 N–H and O–H groups in total. The summed E-state index contributed by atoms with van der Waals surface area (Å²) in [6, 6.07) is -0.0769. The topological polar surface area (TPSA) is 67.4 Å². The highest BCUT2D eigenvalue weighted by Gasteiger charge is 2.03. The number of urea groups is 1. The number of rotatable bonds is 20. The van der Waals surface area contributed by atoms with E-state index >= 15 is 0 Å². The van der Waals surface area contributed by atoms with Crippen LogP contribution in [0, 0.1) is 0 Å². The van der Waals surface area contributed by atoms with Crippen molar-refractivity contribution in [1.82, 2.24) is 10.6 Å². The van der Waals surface area contributed by atoms with Crippen molar-refractivity contribution in [2.24, 2.45) is 0 Å². The summed E-state index contributed by atoms with van der Waals surface area (Å²) >= 11 is 0. The van der Waals surface area contributed by atoms with Crippen LogP contribution in [0.15, 0.2) is 0 Å². The van der Waals surface area contributed by atoms with Crippen LogP contribution in [-0.4, -0.2) is 31.7 Å². The van der Waals surface area contributed by atoms with Gasteiger partial charge in [-0.3, -0.25) is 4.79 Å². The van der Waals surface area contributed by atoms with Crippen molar-refractivity contribution in [1.29, 1.82) is 0 Å². The van der Waals surface area contributed by atoms with Gasteiger partial charge in [0.1, 0.15) is 0 Å². The fourth-order valence-electron chi connectivity index (χ4n) is 3.08. The summed E-state index contributed by atoms with van der Waals surface area (Å²) in [6.07, 6.45) is 17.7. The second kappa shape index (κ2) is 22.0. The number of carbonyl (C=O) groups is 2. The maximum atomic E-state index is 11.7. The van der Waals surface area contributed by atoms with Crippen LogP contribution in [0.2, 0.25) is 0 Å². The average molecular weight is 399 g/mol. The molecular weight excluding hydrogens is 352 g/mol. The summed E-state index contributed by atoms with van der Waals surface area (Å²) in [5.74, 6) is -0.0850. The van der Waals surface area contributed by atoms with Crippen LogP contribution >= 0.6 is 0 Å². The summed E-state index contributed by atoms with van der Waals surface area (Å²) in [6.45, 7) is 6.40. The molecule has 0 unspecified atom stereocenters. The number of unbranched alkanes of at least 4 members (excludes halogenated alkanes) is 12. The summed E-state index contributed by atoms with van der Waals surface area (Å²) in [5.41, 5.74) is 0. The Kier molecular flexibility index (Phi) is 21.0. The molecule has 0 bridgehead atoms. The molecule has 0 aromatic rings. The lowest BCUT2D eigenvalue weighted by Crippen LogP contribution is -2.36. The van der Waals surface area contributed by atoms with Crippen LogP contribution in [0.5, 0.6) is 0 Å². The Morgan fingerprint density at radius 3 is 1.64 bits per heavy atom. The first-order valence-corrected chi connectivity index (χ1v) is 11.9. The number of hydrogen-bond acceptors (Lipinski definition) is 3. The quantitative estimate of drug-likeness (QED) is 0.192. The van der Waals surface area contributed by atoms with Gasteiger partial charge in [0, 0.05) is 19.5 Å². The highest BCUT2D eigenvalue weighted by molar-refractivity contribution is 5.73. The maximum absolute atomic E-state index is 11.7. The Labute approximate surface area is 173 Å². The van der Waals surface area contributed by atoms with Crippen molar-refractivity contribution in [2.75, 3.05) is 19.7 Å². The maximum Gasteiger partial charge on any atom is 0.314 e. The third-order valence-corrected chi connectivity index (χ3v) is 4.92. The molecule has 5 heteroatoms. The number of esters is 1. The highest BCUT2D eigenvalue weighted by atomic mass is 16.5. The third kappa shape index (κ3) is 21.0. The summed E-state index contributed by atoms with van der Waals surface area (Å²) in [4.78, 5) is 23.3. The SMILES string of the molecule is CCCCCCCCNC(=O)NCCCCCC(=O)OCCCCCCCC. The van der Waals surface area contributed by atoms with Gasteiger partial charge in [-0.25, -0.2) is 4.79 Å². The fraction of sp³-hybridized carbons (Fsp3) is 0.913. The molecule has 0 saturated heterocycles. The molecule has 0 saturated carbocycles. The molecule has 0 rings (SSSR count). The average Bonchev–Trinajstić information content (AvgIpc) is 2.69. The molecular formula is C23H46N2O3. The summed E-state index contributed by atoms with van der Waals surface area (Å²) in [5, 5.41) is 5.78. The van der Waals surface area contributed by atoms with Crippen LogP contribution in [0.1, 0.15) is 117 Å². The van der Waals surface area contributed by atoms with Crippen LogP contribution in [0.3, 0.4) is 0 Å². The zero-order chi connectivity index (χ0) is 20.7. The van der Waals surface area contributed by atoms with Crippen LogP contribution in [-0.2, 0) is 9.53 Å². The highest BCUT2D eigenvalue weighted by Crippen LogP contribution is 2.06. The molecule has 2 amide bonds. The van der Waals surface area contributed by atoms with E-state index in [1.807, 2.05) is 0 Å². The molecule has 5 nitrogen and oxygen atoms in total. The van der Waals surface area contributed by atoms with Gasteiger partial charge in [0.25, 0.3) is 0 Å². The summed E-state index contributed by atoms with van der Waals surface area (Å²) < 4.78 is 5.26. The predicted molar refractivity (Wildman–Crippen MR) is 118 cm³/mol. The Morgan fingerprint density at radius 2 is 1.07 bits per heavy atom. The minimum absolute atomic E-state index is 0.0769. The van der Waals surface area contributed by atoms with E-state index in [0.717, 1.165) is 45.1 Å². The van der Waals surface area contributed by atoms with Gasteiger partial charge in [0.2, 0.25) is 0 Å². The van der Waals surface area contributed by atoms with Gasteiger partial charge in [-0.2, -0.15) is 0 Å². The molecule has 0 fully saturated rings. The van der Waals surface area contributed by atoms with E-state index in [9.17, 15) is 9.59 Å². The van der Waals surface area contributed by atoms with Gasteiger partial charge >= 0.3 is 12.0 Å². The lowest BCUT2D eigenvalue weighted by Gasteiger charge is -2.08. The molecule has 0 radical (unpaired) electrons. The normalized spacial score (nSPS) is 10.6. The number of carbonyl (C=O) groups excluding carboxylic acids is 2. The van der Waals surface area contributed by atoms with Crippen molar-refractivity contribution in [3.8, 4) is 0 Å². The van der Waals surface area contributed by atoms with Gasteiger partial charge in [-0.15, -0.1) is 0 Å². The zero-order valence-corrected chi connectivity index (χ0v) is 18.7. The van der Waals surface area contributed by atoms with Crippen molar-refractivity contribution in [3.63, 3.8) is 0 Å². The Bertz CT molecular complexity index is 328. The van der Waals surface area contributed by atoms with Crippen LogP contribution in [0.4, 0.5) is 4.79 Å². The van der Waals surface area contributed by atoms with Crippen LogP contribution in [0.25, 0.3) is 0 Å². The first kappa shape index (κ1) is 26.7. The standard InChI is InChI=1S/C23H46N2O3/c1-3-5-7-9-11-15-19-24-23(27)25-20-16-13-14-18-22(26)28-21-17-12-10-8-6-4-2/h3-21H2,1-2H3,(H2,24,25,27). The van der Waals surface area contributed by atoms with Crippen molar-refractivity contribution in [3.05, 3.63) is 0 Å². The molecule has 0 aliphatic heterocycles. The molecule has 0 spiro atoms. The number of nitrogens with one attached hydrogen (secondary N) is 2.